The highest BCUT2D eigenvalue weighted by atomic mass is 16.3. The Labute approximate surface area is 95.5 Å². The molecule has 2 N–H and O–H groups in total. The number of rotatable bonds is 4. The van der Waals surface area contributed by atoms with Crippen molar-refractivity contribution in [2.75, 3.05) is 7.05 Å². The fraction of sp³-hybridized carbons (Fsp3) is 0.583. The van der Waals surface area contributed by atoms with Gasteiger partial charge in [0, 0.05) is 29.9 Å². The van der Waals surface area contributed by atoms with Gasteiger partial charge in [0.25, 0.3) is 0 Å². The number of pyridine rings is 1. The Kier molecular flexibility index (Phi) is 3.12. The topological polar surface area (TPSA) is 56.6 Å². The highest BCUT2D eigenvalue weighted by molar-refractivity contribution is 5.40. The van der Waals surface area contributed by atoms with Crippen LogP contribution < -0.4 is 0 Å². The van der Waals surface area contributed by atoms with Gasteiger partial charge in [-0.3, -0.25) is 9.88 Å². The van der Waals surface area contributed by atoms with E-state index in [1.54, 1.807) is 13.1 Å². The van der Waals surface area contributed by atoms with E-state index in [4.69, 9.17) is 0 Å². The molecule has 1 aromatic heterocycles. The number of hydrogen-bond acceptors (Lipinski definition) is 4. The maximum atomic E-state index is 9.96. The van der Waals surface area contributed by atoms with Crippen LogP contribution in [0.2, 0.25) is 0 Å². The average Bonchev–Trinajstić information content (AvgIpc) is 3.08. The van der Waals surface area contributed by atoms with Crippen LogP contribution in [0.25, 0.3) is 0 Å². The van der Waals surface area contributed by atoms with Gasteiger partial charge in [0.1, 0.15) is 5.75 Å². The smallest absolute Gasteiger partial charge is 0.141 e. The molecule has 1 fully saturated rings. The van der Waals surface area contributed by atoms with Crippen molar-refractivity contribution in [1.82, 2.24) is 9.88 Å². The first-order valence-electron chi connectivity index (χ1n) is 5.61. The monoisotopic (exact) mass is 222 g/mol. The van der Waals surface area contributed by atoms with E-state index in [1.165, 1.54) is 12.8 Å². The summed E-state index contributed by atoms with van der Waals surface area (Å²) in [7, 11) is 2.05. The Morgan fingerprint density at radius 3 is 2.75 bits per heavy atom. The molecule has 1 saturated carbocycles. The van der Waals surface area contributed by atoms with Gasteiger partial charge in [-0.2, -0.15) is 0 Å². The third kappa shape index (κ3) is 2.18. The number of aliphatic hydroxyl groups excluding tert-OH is 1. The molecule has 0 atom stereocenters. The molecule has 0 spiro atoms. The first-order valence-corrected chi connectivity index (χ1v) is 5.61. The maximum absolute atomic E-state index is 9.96. The second-order valence-electron chi connectivity index (χ2n) is 4.50. The van der Waals surface area contributed by atoms with Crippen LogP contribution in [0.3, 0.4) is 0 Å². The Morgan fingerprint density at radius 1 is 1.50 bits per heavy atom. The lowest BCUT2D eigenvalue weighted by Gasteiger charge is -2.19. The third-order valence-corrected chi connectivity index (χ3v) is 3.18. The predicted molar refractivity (Wildman–Crippen MR) is 61.1 cm³/mol. The van der Waals surface area contributed by atoms with Crippen molar-refractivity contribution < 1.29 is 10.2 Å². The molecule has 0 aromatic carbocycles. The van der Waals surface area contributed by atoms with Gasteiger partial charge in [-0.1, -0.05) is 0 Å². The van der Waals surface area contributed by atoms with E-state index in [9.17, 15) is 10.2 Å². The van der Waals surface area contributed by atoms with Crippen LogP contribution >= 0.6 is 0 Å². The van der Waals surface area contributed by atoms with E-state index < -0.39 is 0 Å². The van der Waals surface area contributed by atoms with Crippen LogP contribution in [-0.2, 0) is 13.2 Å². The summed E-state index contributed by atoms with van der Waals surface area (Å²) in [5, 5.41) is 19.2. The van der Waals surface area contributed by atoms with Gasteiger partial charge in [-0.25, -0.2) is 0 Å². The molecular formula is C12H18N2O2. The van der Waals surface area contributed by atoms with Gasteiger partial charge in [-0.05, 0) is 26.8 Å². The van der Waals surface area contributed by atoms with Gasteiger partial charge in [0.05, 0.1) is 12.3 Å². The molecule has 1 heterocycles. The van der Waals surface area contributed by atoms with E-state index >= 15 is 0 Å². The molecule has 88 valence electrons. The van der Waals surface area contributed by atoms with Crippen molar-refractivity contribution in [3.63, 3.8) is 0 Å². The SMILES string of the molecule is Cc1ncc(CO)c(CN(C)C2CC2)c1O. The molecule has 16 heavy (non-hydrogen) atoms. The molecule has 0 bridgehead atoms. The van der Waals surface area contributed by atoms with Crippen LogP contribution in [0, 0.1) is 6.92 Å². The number of aromatic hydroxyl groups is 1. The van der Waals surface area contributed by atoms with Gasteiger partial charge in [0.2, 0.25) is 0 Å². The molecule has 4 heteroatoms. The first kappa shape index (κ1) is 11.4. The van der Waals surface area contributed by atoms with Crippen LogP contribution in [0.15, 0.2) is 6.20 Å². The molecule has 1 aromatic rings. The summed E-state index contributed by atoms with van der Waals surface area (Å²) in [6.07, 6.45) is 4.11. The minimum atomic E-state index is -0.0747. The number of aryl methyl sites for hydroxylation is 1. The van der Waals surface area contributed by atoms with Crippen LogP contribution in [0.4, 0.5) is 0 Å². The molecule has 2 rings (SSSR count). The number of nitrogens with zero attached hydrogens (tertiary/aromatic N) is 2. The lowest BCUT2D eigenvalue weighted by atomic mass is 10.1. The number of aliphatic hydroxyl groups is 1. The number of aromatic nitrogens is 1. The van der Waals surface area contributed by atoms with E-state index in [0.717, 1.165) is 11.1 Å². The second kappa shape index (κ2) is 4.39. The Hall–Kier alpha value is -1.13. The lowest BCUT2D eigenvalue weighted by Crippen LogP contribution is -2.21. The Balaban J connectivity index is 2.25. The van der Waals surface area contributed by atoms with Gasteiger partial charge in [-0.15, -0.1) is 0 Å². The quantitative estimate of drug-likeness (QED) is 0.803. The molecule has 1 aliphatic rings. The molecule has 4 nitrogen and oxygen atoms in total. The van der Waals surface area contributed by atoms with Gasteiger partial charge in [0.15, 0.2) is 0 Å². The van der Waals surface area contributed by atoms with E-state index in [1.807, 2.05) is 7.05 Å². The predicted octanol–water partition coefficient (Wildman–Crippen LogP) is 1.18. The van der Waals surface area contributed by atoms with Crippen molar-refractivity contribution in [2.24, 2.45) is 0 Å². The van der Waals surface area contributed by atoms with E-state index in [2.05, 4.69) is 9.88 Å². The van der Waals surface area contributed by atoms with Crippen LogP contribution in [-0.4, -0.2) is 33.2 Å². The van der Waals surface area contributed by atoms with Crippen molar-refractivity contribution in [1.29, 1.82) is 0 Å². The molecule has 0 saturated heterocycles. The summed E-state index contributed by atoms with van der Waals surface area (Å²) < 4.78 is 0. The highest BCUT2D eigenvalue weighted by Crippen LogP contribution is 2.30. The summed E-state index contributed by atoms with van der Waals surface area (Å²) in [6.45, 7) is 2.38. The highest BCUT2D eigenvalue weighted by Gasteiger charge is 2.27. The Morgan fingerprint density at radius 2 is 2.19 bits per heavy atom. The summed E-state index contributed by atoms with van der Waals surface area (Å²) in [6, 6.07) is 0.638. The minimum absolute atomic E-state index is 0.0747. The maximum Gasteiger partial charge on any atom is 0.141 e. The number of hydrogen-bond donors (Lipinski definition) is 2. The fourth-order valence-electron chi connectivity index (χ4n) is 1.89. The van der Waals surface area contributed by atoms with Crippen molar-refractivity contribution in [3.05, 3.63) is 23.0 Å². The molecule has 0 radical (unpaired) electrons. The van der Waals surface area contributed by atoms with Crippen LogP contribution in [0.5, 0.6) is 5.75 Å². The summed E-state index contributed by atoms with van der Waals surface area (Å²) >= 11 is 0. The minimum Gasteiger partial charge on any atom is -0.506 e. The summed E-state index contributed by atoms with van der Waals surface area (Å²) in [4.78, 5) is 6.27. The van der Waals surface area contributed by atoms with Gasteiger partial charge >= 0.3 is 0 Å². The van der Waals surface area contributed by atoms with Crippen LogP contribution in [0.1, 0.15) is 29.7 Å². The molecule has 0 aliphatic heterocycles. The molecule has 0 unspecified atom stereocenters. The molecular weight excluding hydrogens is 204 g/mol. The third-order valence-electron chi connectivity index (χ3n) is 3.18. The van der Waals surface area contributed by atoms with Crippen molar-refractivity contribution in [2.45, 2.75) is 39.0 Å². The second-order valence-corrected chi connectivity index (χ2v) is 4.50. The fourth-order valence-corrected chi connectivity index (χ4v) is 1.89. The zero-order valence-corrected chi connectivity index (χ0v) is 9.77. The van der Waals surface area contributed by atoms with E-state index in [0.29, 0.717) is 18.3 Å². The van der Waals surface area contributed by atoms with Crippen molar-refractivity contribution in [3.8, 4) is 5.75 Å². The first-order chi connectivity index (χ1) is 7.63. The van der Waals surface area contributed by atoms with Gasteiger partial charge < -0.3 is 10.2 Å². The zero-order chi connectivity index (χ0) is 11.7. The standard InChI is InChI=1S/C12H18N2O2/c1-8-12(16)11(9(7-15)5-13-8)6-14(2)10-3-4-10/h5,10,15-16H,3-4,6-7H2,1-2H3. The molecule has 1 aliphatic carbocycles. The van der Waals surface area contributed by atoms with E-state index in [-0.39, 0.29) is 12.4 Å². The Bertz CT molecular complexity index is 389. The summed E-state index contributed by atoms with van der Waals surface area (Å²) in [5.41, 5.74) is 2.15. The largest absolute Gasteiger partial charge is 0.506 e. The normalized spacial score (nSPS) is 15.8. The molecule has 0 amide bonds. The average molecular weight is 222 g/mol. The summed E-state index contributed by atoms with van der Waals surface area (Å²) in [5.74, 6) is 0.221. The lowest BCUT2D eigenvalue weighted by molar-refractivity contribution is 0.269. The zero-order valence-electron chi connectivity index (χ0n) is 9.77. The van der Waals surface area contributed by atoms with Crippen molar-refractivity contribution >= 4 is 0 Å².